The summed E-state index contributed by atoms with van der Waals surface area (Å²) in [5, 5.41) is 2.70. The van der Waals surface area contributed by atoms with Gasteiger partial charge in [-0.1, -0.05) is 0 Å². The molecule has 6 heteroatoms. The Labute approximate surface area is 96.0 Å². The van der Waals surface area contributed by atoms with E-state index in [2.05, 4.69) is 31.2 Å². The summed E-state index contributed by atoms with van der Waals surface area (Å²) >= 11 is 3.18. The molecule has 1 aromatic heterocycles. The summed E-state index contributed by atoms with van der Waals surface area (Å²) in [6.45, 7) is 1.66. The summed E-state index contributed by atoms with van der Waals surface area (Å²) < 4.78 is 0.654. The van der Waals surface area contributed by atoms with E-state index in [0.29, 0.717) is 10.4 Å². The molecule has 1 aliphatic heterocycles. The molecular formula is C9H11BrN4O. The Morgan fingerprint density at radius 1 is 1.33 bits per heavy atom. The van der Waals surface area contributed by atoms with Crippen molar-refractivity contribution in [3.63, 3.8) is 0 Å². The summed E-state index contributed by atoms with van der Waals surface area (Å²) in [5.74, 6) is 0.482. The molecule has 1 saturated heterocycles. The Balaban J connectivity index is 1.96. The van der Waals surface area contributed by atoms with Crippen LogP contribution in [0.15, 0.2) is 17.0 Å². The molecule has 2 heterocycles. The second-order valence-electron chi connectivity index (χ2n) is 3.35. The zero-order valence-corrected chi connectivity index (χ0v) is 9.70. The molecule has 0 radical (unpaired) electrons. The molecule has 2 amide bonds. The number of nitrogens with zero attached hydrogens (tertiary/aromatic N) is 3. The van der Waals surface area contributed by atoms with Gasteiger partial charge in [0.1, 0.15) is 4.60 Å². The van der Waals surface area contributed by atoms with Crippen LogP contribution in [-0.2, 0) is 0 Å². The highest BCUT2D eigenvalue weighted by Gasteiger charge is 2.17. The third-order valence-corrected chi connectivity index (χ3v) is 2.66. The van der Waals surface area contributed by atoms with Gasteiger partial charge in [-0.15, -0.1) is 0 Å². The fourth-order valence-electron chi connectivity index (χ4n) is 1.49. The SMILES string of the molecule is O=C(Nc1cnc(Br)cn1)N1CCCC1. The topological polar surface area (TPSA) is 58.1 Å². The minimum atomic E-state index is -0.0934. The number of rotatable bonds is 1. The number of anilines is 1. The van der Waals surface area contributed by atoms with Crippen molar-refractivity contribution in [1.29, 1.82) is 0 Å². The van der Waals surface area contributed by atoms with Crippen LogP contribution in [0.4, 0.5) is 10.6 Å². The van der Waals surface area contributed by atoms with Crippen molar-refractivity contribution in [2.45, 2.75) is 12.8 Å². The number of urea groups is 1. The van der Waals surface area contributed by atoms with Crippen molar-refractivity contribution in [3.05, 3.63) is 17.0 Å². The molecular weight excluding hydrogens is 260 g/mol. The average Bonchev–Trinajstić information content (AvgIpc) is 2.74. The van der Waals surface area contributed by atoms with E-state index in [0.717, 1.165) is 25.9 Å². The first-order valence-electron chi connectivity index (χ1n) is 4.79. The van der Waals surface area contributed by atoms with Crippen LogP contribution in [0.2, 0.25) is 0 Å². The lowest BCUT2D eigenvalue weighted by Gasteiger charge is -2.15. The van der Waals surface area contributed by atoms with Crippen molar-refractivity contribution in [1.82, 2.24) is 14.9 Å². The second-order valence-corrected chi connectivity index (χ2v) is 4.16. The molecule has 0 atom stereocenters. The van der Waals surface area contributed by atoms with Crippen molar-refractivity contribution in [3.8, 4) is 0 Å². The first-order valence-corrected chi connectivity index (χ1v) is 5.58. The summed E-state index contributed by atoms with van der Waals surface area (Å²) in [6.07, 6.45) is 5.25. The number of hydrogen-bond acceptors (Lipinski definition) is 3. The van der Waals surface area contributed by atoms with Crippen molar-refractivity contribution < 1.29 is 4.79 Å². The Morgan fingerprint density at radius 2 is 2.07 bits per heavy atom. The molecule has 0 aliphatic carbocycles. The molecule has 1 aliphatic rings. The summed E-state index contributed by atoms with van der Waals surface area (Å²) in [7, 11) is 0. The van der Waals surface area contributed by atoms with Gasteiger partial charge in [0, 0.05) is 13.1 Å². The molecule has 0 saturated carbocycles. The highest BCUT2D eigenvalue weighted by atomic mass is 79.9. The first-order chi connectivity index (χ1) is 7.25. The maximum atomic E-state index is 11.6. The van der Waals surface area contributed by atoms with E-state index in [4.69, 9.17) is 0 Å². The Morgan fingerprint density at radius 3 is 2.67 bits per heavy atom. The number of amides is 2. The maximum Gasteiger partial charge on any atom is 0.323 e. The van der Waals surface area contributed by atoms with Gasteiger partial charge < -0.3 is 4.90 Å². The van der Waals surface area contributed by atoms with E-state index in [9.17, 15) is 4.79 Å². The van der Waals surface area contributed by atoms with Crippen LogP contribution in [0, 0.1) is 0 Å². The maximum absolute atomic E-state index is 11.6. The van der Waals surface area contributed by atoms with E-state index >= 15 is 0 Å². The second kappa shape index (κ2) is 4.57. The fourth-order valence-corrected chi connectivity index (χ4v) is 1.69. The van der Waals surface area contributed by atoms with Crippen molar-refractivity contribution in [2.24, 2.45) is 0 Å². The van der Waals surface area contributed by atoms with Crippen LogP contribution < -0.4 is 5.32 Å². The normalized spacial score (nSPS) is 15.4. The van der Waals surface area contributed by atoms with Crippen LogP contribution in [0.1, 0.15) is 12.8 Å². The molecule has 0 spiro atoms. The molecule has 0 bridgehead atoms. The molecule has 1 aromatic rings. The van der Waals surface area contributed by atoms with Gasteiger partial charge in [0.25, 0.3) is 0 Å². The summed E-state index contributed by atoms with van der Waals surface area (Å²) in [4.78, 5) is 21.4. The number of halogens is 1. The minimum Gasteiger partial charge on any atom is -0.324 e. The number of nitrogens with one attached hydrogen (secondary N) is 1. The largest absolute Gasteiger partial charge is 0.324 e. The third-order valence-electron chi connectivity index (χ3n) is 2.25. The molecule has 80 valence electrons. The van der Waals surface area contributed by atoms with Crippen molar-refractivity contribution >= 4 is 27.8 Å². The van der Waals surface area contributed by atoms with Crippen molar-refractivity contribution in [2.75, 3.05) is 18.4 Å². The summed E-state index contributed by atoms with van der Waals surface area (Å²) in [6, 6.07) is -0.0934. The van der Waals surface area contributed by atoms with Gasteiger partial charge >= 0.3 is 6.03 Å². The Bertz CT molecular complexity index is 348. The van der Waals surface area contributed by atoms with E-state index in [1.807, 2.05) is 0 Å². The molecule has 2 rings (SSSR count). The van der Waals surface area contributed by atoms with Gasteiger partial charge in [-0.25, -0.2) is 14.8 Å². The number of carbonyl (C=O) groups excluding carboxylic acids is 1. The molecule has 0 aromatic carbocycles. The van der Waals surface area contributed by atoms with Gasteiger partial charge in [-0.05, 0) is 28.8 Å². The van der Waals surface area contributed by atoms with E-state index < -0.39 is 0 Å². The quantitative estimate of drug-likeness (QED) is 0.848. The van der Waals surface area contributed by atoms with Crippen LogP contribution in [0.25, 0.3) is 0 Å². The monoisotopic (exact) mass is 270 g/mol. The van der Waals surface area contributed by atoms with Crippen LogP contribution in [0.3, 0.4) is 0 Å². The predicted octanol–water partition coefficient (Wildman–Crippen LogP) is 1.87. The predicted molar refractivity (Wildman–Crippen MR) is 59.6 cm³/mol. The highest BCUT2D eigenvalue weighted by molar-refractivity contribution is 9.10. The van der Waals surface area contributed by atoms with Crippen LogP contribution in [0.5, 0.6) is 0 Å². The Kier molecular flexibility index (Phi) is 3.15. The standard InChI is InChI=1S/C9H11BrN4O/c10-7-5-12-8(6-11-7)13-9(15)14-3-1-2-4-14/h5-6H,1-4H2,(H,12,13,15). The van der Waals surface area contributed by atoms with Gasteiger partial charge in [-0.3, -0.25) is 5.32 Å². The molecule has 1 N–H and O–H groups in total. The fraction of sp³-hybridized carbons (Fsp3) is 0.444. The smallest absolute Gasteiger partial charge is 0.323 e. The van der Waals surface area contributed by atoms with Gasteiger partial charge in [-0.2, -0.15) is 0 Å². The van der Waals surface area contributed by atoms with E-state index in [1.54, 1.807) is 11.1 Å². The molecule has 1 fully saturated rings. The first kappa shape index (κ1) is 10.4. The van der Waals surface area contributed by atoms with Crippen LogP contribution >= 0.6 is 15.9 Å². The van der Waals surface area contributed by atoms with Crippen LogP contribution in [-0.4, -0.2) is 34.0 Å². The zero-order chi connectivity index (χ0) is 10.7. The lowest BCUT2D eigenvalue weighted by Crippen LogP contribution is -2.32. The summed E-state index contributed by atoms with van der Waals surface area (Å²) in [5.41, 5.74) is 0. The Hall–Kier alpha value is -1.17. The number of aromatic nitrogens is 2. The van der Waals surface area contributed by atoms with Gasteiger partial charge in [0.05, 0.1) is 12.4 Å². The van der Waals surface area contributed by atoms with Gasteiger partial charge in [0.15, 0.2) is 5.82 Å². The molecule has 15 heavy (non-hydrogen) atoms. The third kappa shape index (κ3) is 2.65. The number of hydrogen-bond donors (Lipinski definition) is 1. The molecule has 0 unspecified atom stereocenters. The average molecular weight is 271 g/mol. The number of carbonyl (C=O) groups is 1. The number of likely N-dealkylation sites (tertiary alicyclic amines) is 1. The lowest BCUT2D eigenvalue weighted by molar-refractivity contribution is 0.222. The minimum absolute atomic E-state index is 0.0934. The van der Waals surface area contributed by atoms with E-state index in [-0.39, 0.29) is 6.03 Å². The zero-order valence-electron chi connectivity index (χ0n) is 8.11. The molecule has 5 nitrogen and oxygen atoms in total. The van der Waals surface area contributed by atoms with Gasteiger partial charge in [0.2, 0.25) is 0 Å². The van der Waals surface area contributed by atoms with E-state index in [1.165, 1.54) is 6.20 Å². The lowest BCUT2D eigenvalue weighted by atomic mass is 10.4. The highest BCUT2D eigenvalue weighted by Crippen LogP contribution is 2.11.